The summed E-state index contributed by atoms with van der Waals surface area (Å²) in [5.74, 6) is 0.384. The van der Waals surface area contributed by atoms with Crippen molar-refractivity contribution in [3.05, 3.63) is 18.1 Å². The standard InChI is InChI=1S/C9H14N2O2/c1-4-9(2,12)7-8(13-3)11-6-5-10-7/h5-6,12H,4H2,1-3H3/t9-/m0/s1. The minimum Gasteiger partial charge on any atom is -0.480 e. The van der Waals surface area contributed by atoms with Crippen molar-refractivity contribution >= 4 is 0 Å². The molecule has 0 saturated heterocycles. The molecule has 1 aromatic heterocycles. The number of aliphatic hydroxyl groups is 1. The Hall–Kier alpha value is -1.16. The molecule has 0 aliphatic carbocycles. The summed E-state index contributed by atoms with van der Waals surface area (Å²) in [4.78, 5) is 8.02. The molecule has 0 spiro atoms. The summed E-state index contributed by atoms with van der Waals surface area (Å²) in [6.45, 7) is 3.58. The number of nitrogens with zero attached hydrogens (tertiary/aromatic N) is 2. The highest BCUT2D eigenvalue weighted by Crippen LogP contribution is 2.27. The molecule has 0 unspecified atom stereocenters. The molecule has 1 heterocycles. The average molecular weight is 182 g/mol. The fourth-order valence-electron chi connectivity index (χ4n) is 1.01. The third-order valence-electron chi connectivity index (χ3n) is 2.06. The van der Waals surface area contributed by atoms with Gasteiger partial charge in [0.05, 0.1) is 7.11 Å². The summed E-state index contributed by atoms with van der Waals surface area (Å²) in [5, 5.41) is 9.92. The lowest BCUT2D eigenvalue weighted by molar-refractivity contribution is 0.0450. The molecule has 1 rings (SSSR count). The minimum atomic E-state index is -0.973. The lowest BCUT2D eigenvalue weighted by Gasteiger charge is -2.21. The minimum absolute atomic E-state index is 0.384. The normalized spacial score (nSPS) is 15.1. The number of aromatic nitrogens is 2. The summed E-state index contributed by atoms with van der Waals surface area (Å²) >= 11 is 0. The molecule has 0 aromatic carbocycles. The quantitative estimate of drug-likeness (QED) is 0.760. The van der Waals surface area contributed by atoms with Crippen molar-refractivity contribution in [3.63, 3.8) is 0 Å². The maximum absolute atomic E-state index is 9.92. The van der Waals surface area contributed by atoms with E-state index in [9.17, 15) is 5.11 Å². The fraction of sp³-hybridized carbons (Fsp3) is 0.556. The van der Waals surface area contributed by atoms with Gasteiger partial charge in [0.1, 0.15) is 11.3 Å². The molecule has 0 bridgehead atoms. The molecule has 4 nitrogen and oxygen atoms in total. The van der Waals surface area contributed by atoms with Crippen LogP contribution in [0.2, 0.25) is 0 Å². The molecule has 0 fully saturated rings. The Morgan fingerprint density at radius 1 is 1.46 bits per heavy atom. The first kappa shape index (κ1) is 9.92. The second-order valence-electron chi connectivity index (χ2n) is 3.04. The molecule has 0 aliphatic rings. The van der Waals surface area contributed by atoms with Gasteiger partial charge in [-0.25, -0.2) is 4.98 Å². The van der Waals surface area contributed by atoms with Crippen molar-refractivity contribution in [2.24, 2.45) is 0 Å². The van der Waals surface area contributed by atoms with E-state index in [1.54, 1.807) is 13.1 Å². The van der Waals surface area contributed by atoms with Crippen LogP contribution in [-0.4, -0.2) is 22.2 Å². The Morgan fingerprint density at radius 2 is 2.08 bits per heavy atom. The van der Waals surface area contributed by atoms with Crippen LogP contribution in [0.15, 0.2) is 12.4 Å². The van der Waals surface area contributed by atoms with Crippen LogP contribution >= 0.6 is 0 Å². The van der Waals surface area contributed by atoms with Crippen molar-refractivity contribution < 1.29 is 9.84 Å². The highest BCUT2D eigenvalue weighted by Gasteiger charge is 2.26. The van der Waals surface area contributed by atoms with E-state index in [2.05, 4.69) is 9.97 Å². The second kappa shape index (κ2) is 3.70. The predicted octanol–water partition coefficient (Wildman–Crippen LogP) is 1.10. The van der Waals surface area contributed by atoms with Gasteiger partial charge in [-0.1, -0.05) is 6.92 Å². The molecule has 72 valence electrons. The maximum Gasteiger partial charge on any atom is 0.238 e. The summed E-state index contributed by atoms with van der Waals surface area (Å²) in [6, 6.07) is 0. The van der Waals surface area contributed by atoms with Gasteiger partial charge in [0.25, 0.3) is 0 Å². The van der Waals surface area contributed by atoms with E-state index in [1.807, 2.05) is 6.92 Å². The lowest BCUT2D eigenvalue weighted by Crippen LogP contribution is -2.22. The zero-order valence-corrected chi connectivity index (χ0v) is 8.11. The Morgan fingerprint density at radius 3 is 2.62 bits per heavy atom. The fourth-order valence-corrected chi connectivity index (χ4v) is 1.01. The van der Waals surface area contributed by atoms with Crippen LogP contribution in [0.5, 0.6) is 5.88 Å². The van der Waals surface area contributed by atoms with E-state index in [0.29, 0.717) is 18.0 Å². The van der Waals surface area contributed by atoms with Crippen LogP contribution in [0, 0.1) is 0 Å². The highest BCUT2D eigenvalue weighted by atomic mass is 16.5. The van der Waals surface area contributed by atoms with Gasteiger partial charge in [-0.15, -0.1) is 0 Å². The van der Waals surface area contributed by atoms with Crippen LogP contribution in [0.1, 0.15) is 26.0 Å². The molecule has 1 N–H and O–H groups in total. The smallest absolute Gasteiger partial charge is 0.238 e. The highest BCUT2D eigenvalue weighted by molar-refractivity contribution is 5.23. The van der Waals surface area contributed by atoms with Gasteiger partial charge in [0, 0.05) is 12.4 Å². The zero-order chi connectivity index (χ0) is 9.90. The van der Waals surface area contributed by atoms with Gasteiger partial charge in [-0.05, 0) is 13.3 Å². The lowest BCUT2D eigenvalue weighted by atomic mass is 9.99. The summed E-state index contributed by atoms with van der Waals surface area (Å²) < 4.78 is 5.00. The number of methoxy groups -OCH3 is 1. The summed E-state index contributed by atoms with van der Waals surface area (Å²) in [5.41, 5.74) is -0.487. The van der Waals surface area contributed by atoms with Gasteiger partial charge >= 0.3 is 0 Å². The van der Waals surface area contributed by atoms with Gasteiger partial charge in [0.15, 0.2) is 0 Å². The van der Waals surface area contributed by atoms with Crippen molar-refractivity contribution in [1.29, 1.82) is 0 Å². The van der Waals surface area contributed by atoms with E-state index in [0.717, 1.165) is 0 Å². The maximum atomic E-state index is 9.92. The topological polar surface area (TPSA) is 55.2 Å². The molecular weight excluding hydrogens is 168 g/mol. The number of ether oxygens (including phenoxy) is 1. The van der Waals surface area contributed by atoms with Crippen molar-refractivity contribution in [2.75, 3.05) is 7.11 Å². The first-order valence-corrected chi connectivity index (χ1v) is 4.19. The van der Waals surface area contributed by atoms with Crippen LogP contribution in [0.4, 0.5) is 0 Å². The SMILES string of the molecule is CC[C@](C)(O)c1nccnc1OC. The van der Waals surface area contributed by atoms with Gasteiger partial charge < -0.3 is 9.84 Å². The molecule has 4 heteroatoms. The Bertz CT molecular complexity index is 287. The summed E-state index contributed by atoms with van der Waals surface area (Å²) in [7, 11) is 1.51. The van der Waals surface area contributed by atoms with Crippen LogP contribution in [0.3, 0.4) is 0 Å². The Kier molecular flexibility index (Phi) is 2.83. The molecule has 0 amide bonds. The van der Waals surface area contributed by atoms with E-state index in [4.69, 9.17) is 4.74 Å². The Balaban J connectivity index is 3.12. The number of rotatable bonds is 3. The van der Waals surface area contributed by atoms with Gasteiger partial charge in [-0.2, -0.15) is 0 Å². The van der Waals surface area contributed by atoms with Crippen molar-refractivity contribution in [1.82, 2.24) is 9.97 Å². The number of hydrogen-bond donors (Lipinski definition) is 1. The first-order valence-electron chi connectivity index (χ1n) is 4.19. The van der Waals surface area contributed by atoms with Gasteiger partial charge in [-0.3, -0.25) is 4.98 Å². The zero-order valence-electron chi connectivity index (χ0n) is 8.11. The monoisotopic (exact) mass is 182 g/mol. The van der Waals surface area contributed by atoms with Crippen molar-refractivity contribution in [2.45, 2.75) is 25.9 Å². The van der Waals surface area contributed by atoms with Crippen LogP contribution in [-0.2, 0) is 5.60 Å². The van der Waals surface area contributed by atoms with Crippen LogP contribution < -0.4 is 4.74 Å². The average Bonchev–Trinajstić information content (AvgIpc) is 2.18. The largest absolute Gasteiger partial charge is 0.480 e. The van der Waals surface area contributed by atoms with E-state index >= 15 is 0 Å². The van der Waals surface area contributed by atoms with E-state index in [-0.39, 0.29) is 0 Å². The van der Waals surface area contributed by atoms with E-state index in [1.165, 1.54) is 13.3 Å². The predicted molar refractivity (Wildman–Crippen MR) is 48.4 cm³/mol. The molecule has 1 aromatic rings. The molecule has 13 heavy (non-hydrogen) atoms. The van der Waals surface area contributed by atoms with Gasteiger partial charge in [0.2, 0.25) is 5.88 Å². The second-order valence-corrected chi connectivity index (χ2v) is 3.04. The molecule has 1 atom stereocenters. The van der Waals surface area contributed by atoms with E-state index < -0.39 is 5.60 Å². The first-order chi connectivity index (χ1) is 6.11. The summed E-state index contributed by atoms with van der Waals surface area (Å²) in [6.07, 6.45) is 3.65. The third kappa shape index (κ3) is 1.95. The molecule has 0 radical (unpaired) electrons. The number of hydrogen-bond acceptors (Lipinski definition) is 4. The molecule has 0 saturated carbocycles. The Labute approximate surface area is 77.6 Å². The third-order valence-corrected chi connectivity index (χ3v) is 2.06. The molecule has 0 aliphatic heterocycles. The van der Waals surface area contributed by atoms with Crippen molar-refractivity contribution in [3.8, 4) is 5.88 Å². The molecular formula is C9H14N2O2. The van der Waals surface area contributed by atoms with Crippen LogP contribution in [0.25, 0.3) is 0 Å².